The summed E-state index contributed by atoms with van der Waals surface area (Å²) in [7, 11) is 0. The molecule has 4 aliphatic rings. The minimum atomic E-state index is 0.327. The zero-order valence-corrected chi connectivity index (χ0v) is 36.2. The van der Waals surface area contributed by atoms with E-state index in [1.807, 2.05) is 0 Å². The molecule has 0 aliphatic heterocycles. The smallest absolute Gasteiger partial charge is 0.0476 e. The summed E-state index contributed by atoms with van der Waals surface area (Å²) in [6, 6.07) is 53.8. The molecule has 0 aromatic heterocycles. The van der Waals surface area contributed by atoms with Crippen LogP contribution in [-0.4, -0.2) is 12.1 Å². The Morgan fingerprint density at radius 3 is 2.02 bits per heavy atom. The fraction of sp³-hybridized carbons (Fsp3) is 0.246. The number of hydrogen-bond donors (Lipinski definition) is 0. The molecule has 1 fully saturated rings. The summed E-state index contributed by atoms with van der Waals surface area (Å²) in [5.74, 6) is 1.73. The summed E-state index contributed by atoms with van der Waals surface area (Å²) < 4.78 is 0. The molecule has 10 rings (SSSR count). The van der Waals surface area contributed by atoms with Crippen molar-refractivity contribution in [2.75, 3.05) is 4.90 Å². The normalized spacial score (nSPS) is 25.3. The van der Waals surface area contributed by atoms with E-state index in [-0.39, 0.29) is 0 Å². The van der Waals surface area contributed by atoms with Gasteiger partial charge < -0.3 is 4.90 Å². The van der Waals surface area contributed by atoms with Crippen molar-refractivity contribution in [3.8, 4) is 11.1 Å². The number of hydrogen-bond acceptors (Lipinski definition) is 1. The summed E-state index contributed by atoms with van der Waals surface area (Å²) in [6.07, 6.45) is 34.5. The van der Waals surface area contributed by atoms with Crippen molar-refractivity contribution in [1.29, 1.82) is 0 Å². The minimum absolute atomic E-state index is 0.327. The van der Waals surface area contributed by atoms with Gasteiger partial charge in [-0.25, -0.2) is 0 Å². The summed E-state index contributed by atoms with van der Waals surface area (Å²) in [6.45, 7) is 2.24. The van der Waals surface area contributed by atoms with Crippen LogP contribution < -0.4 is 4.90 Å². The fourth-order valence-electron chi connectivity index (χ4n) is 11.1. The molecule has 0 saturated heterocycles. The van der Waals surface area contributed by atoms with Crippen LogP contribution in [0.15, 0.2) is 200 Å². The van der Waals surface area contributed by atoms with E-state index in [1.165, 1.54) is 66.5 Å². The van der Waals surface area contributed by atoms with Crippen molar-refractivity contribution in [3.05, 3.63) is 234 Å². The van der Waals surface area contributed by atoms with Crippen molar-refractivity contribution in [2.24, 2.45) is 5.92 Å². The Hall–Kier alpha value is -6.18. The largest absolute Gasteiger partial charge is 0.362 e. The van der Waals surface area contributed by atoms with Gasteiger partial charge in [0.15, 0.2) is 0 Å². The molecule has 0 spiro atoms. The van der Waals surface area contributed by atoms with Crippen LogP contribution in [0.4, 0.5) is 5.69 Å². The highest BCUT2D eigenvalue weighted by atomic mass is 15.2. The maximum absolute atomic E-state index is 2.91. The van der Waals surface area contributed by atoms with Gasteiger partial charge in [-0.1, -0.05) is 207 Å². The number of allylic oxidation sites excluding steroid dienone is 10. The molecule has 1 saturated carbocycles. The van der Waals surface area contributed by atoms with Gasteiger partial charge in [0.25, 0.3) is 0 Å². The molecule has 308 valence electrons. The molecular formula is C61H59N. The van der Waals surface area contributed by atoms with Crippen molar-refractivity contribution in [1.82, 2.24) is 0 Å². The lowest BCUT2D eigenvalue weighted by atomic mass is 9.69. The van der Waals surface area contributed by atoms with Crippen molar-refractivity contribution >= 4 is 28.1 Å². The molecule has 1 nitrogen and oxygen atoms in total. The molecule has 0 radical (unpaired) electrons. The lowest BCUT2D eigenvalue weighted by Gasteiger charge is -2.47. The van der Waals surface area contributed by atoms with Gasteiger partial charge in [-0.15, -0.1) is 0 Å². The van der Waals surface area contributed by atoms with Crippen LogP contribution in [0.5, 0.6) is 0 Å². The first-order valence-electron chi connectivity index (χ1n) is 23.4. The third kappa shape index (κ3) is 8.51. The van der Waals surface area contributed by atoms with Gasteiger partial charge in [0, 0.05) is 29.1 Å². The molecular weight excluding hydrogens is 747 g/mol. The first-order chi connectivity index (χ1) is 30.7. The van der Waals surface area contributed by atoms with Crippen molar-refractivity contribution in [3.63, 3.8) is 0 Å². The van der Waals surface area contributed by atoms with Crippen LogP contribution in [0.2, 0.25) is 0 Å². The molecule has 6 atom stereocenters. The summed E-state index contributed by atoms with van der Waals surface area (Å²) in [5.41, 5.74) is 13.9. The van der Waals surface area contributed by atoms with Crippen LogP contribution in [0.25, 0.3) is 33.5 Å². The van der Waals surface area contributed by atoms with E-state index in [1.54, 1.807) is 0 Å². The van der Waals surface area contributed by atoms with E-state index < -0.39 is 0 Å². The third-order valence-electron chi connectivity index (χ3n) is 14.3. The van der Waals surface area contributed by atoms with Crippen LogP contribution in [0.1, 0.15) is 103 Å². The number of nitrogens with zero attached hydrogens (tertiary/aromatic N) is 1. The molecule has 6 aromatic carbocycles. The van der Waals surface area contributed by atoms with E-state index in [2.05, 4.69) is 218 Å². The second kappa shape index (κ2) is 18.4. The van der Waals surface area contributed by atoms with Gasteiger partial charge in [0.2, 0.25) is 0 Å². The monoisotopic (exact) mass is 805 g/mol. The maximum Gasteiger partial charge on any atom is 0.0476 e. The Morgan fingerprint density at radius 2 is 1.23 bits per heavy atom. The second-order valence-corrected chi connectivity index (χ2v) is 18.1. The molecule has 0 N–H and O–H groups in total. The van der Waals surface area contributed by atoms with Crippen LogP contribution in [0, 0.1) is 5.92 Å². The highest BCUT2D eigenvalue weighted by Crippen LogP contribution is 2.49. The van der Waals surface area contributed by atoms with Crippen molar-refractivity contribution in [2.45, 2.75) is 88.1 Å². The van der Waals surface area contributed by atoms with Crippen LogP contribution in [0.3, 0.4) is 0 Å². The lowest BCUT2D eigenvalue weighted by Crippen LogP contribution is -2.46. The van der Waals surface area contributed by atoms with Gasteiger partial charge in [-0.2, -0.15) is 0 Å². The average molecular weight is 806 g/mol. The highest BCUT2D eigenvalue weighted by molar-refractivity contribution is 5.99. The number of rotatable bonds is 8. The zero-order chi connectivity index (χ0) is 41.7. The topological polar surface area (TPSA) is 3.24 Å². The Kier molecular flexibility index (Phi) is 11.9. The molecule has 0 bridgehead atoms. The van der Waals surface area contributed by atoms with Gasteiger partial charge in [0.05, 0.1) is 0 Å². The zero-order valence-electron chi connectivity index (χ0n) is 36.2. The molecule has 0 amide bonds. The first-order valence-corrected chi connectivity index (χ1v) is 23.4. The van der Waals surface area contributed by atoms with Gasteiger partial charge in [0.1, 0.15) is 0 Å². The van der Waals surface area contributed by atoms with E-state index >= 15 is 0 Å². The van der Waals surface area contributed by atoms with E-state index in [9.17, 15) is 0 Å². The van der Waals surface area contributed by atoms with Crippen LogP contribution >= 0.6 is 0 Å². The summed E-state index contributed by atoms with van der Waals surface area (Å²) in [5, 5.41) is 2.84. The van der Waals surface area contributed by atoms with Gasteiger partial charge >= 0.3 is 0 Å². The molecule has 1 heteroatoms. The Balaban J connectivity index is 0.986. The highest BCUT2D eigenvalue weighted by Gasteiger charge is 2.38. The molecule has 6 aromatic rings. The Morgan fingerprint density at radius 1 is 0.532 bits per heavy atom. The fourth-order valence-corrected chi connectivity index (χ4v) is 11.1. The van der Waals surface area contributed by atoms with Crippen LogP contribution in [-0.2, 0) is 6.42 Å². The molecule has 4 aliphatic carbocycles. The Bertz CT molecular complexity index is 2650. The predicted molar refractivity (Wildman–Crippen MR) is 266 cm³/mol. The third-order valence-corrected chi connectivity index (χ3v) is 14.3. The van der Waals surface area contributed by atoms with E-state index in [0.717, 1.165) is 51.4 Å². The molecule has 62 heavy (non-hydrogen) atoms. The second-order valence-electron chi connectivity index (χ2n) is 18.1. The minimum Gasteiger partial charge on any atom is -0.362 e. The quantitative estimate of drug-likeness (QED) is 0.139. The standard InChI is InChI=1S/C61H59N/c1-44-16-5-2-6-20-46(24-15-17-44)48-32-34-52(35-33-48)57-41-40-55(43-60(57)51-21-9-4-10-22-51)62(61-42-53-23-11-12-25-56(53)58-26-13-14-27-59(58)61)54-38-36-50(37-39-54)49-30-28-47(29-31-49)45-18-7-3-8-19-45/h2-11,13-19,21-24,26-36,38,42,44,50,54-55,57,60H,12,20,25,37,39-41,43H2,1H3/b6-2-,16-5-,17-15?,46-24+/t44?,50?,54?,55?,57?,60-/m1/s1. The maximum atomic E-state index is 2.91. The van der Waals surface area contributed by atoms with Crippen molar-refractivity contribution < 1.29 is 0 Å². The predicted octanol–water partition coefficient (Wildman–Crippen LogP) is 16.0. The summed E-state index contributed by atoms with van der Waals surface area (Å²) in [4.78, 5) is 2.91. The number of anilines is 1. The van der Waals surface area contributed by atoms with Gasteiger partial charge in [-0.05, 0) is 131 Å². The number of aryl methyl sites for hydroxylation is 1. The SMILES string of the molecule is CC1C=C/C=C(/c2ccc(C3CCC(N(c4cc5c(c6ccccc46)CCC=C5)C4C=CC(c5ccc(-c6ccccc6)cc5)CC4)C[C@@H]3c3ccccc3)cc2)C/C=C\C=C/1. The summed E-state index contributed by atoms with van der Waals surface area (Å²) >= 11 is 0. The van der Waals surface area contributed by atoms with E-state index in [0.29, 0.717) is 35.8 Å². The molecule has 0 heterocycles. The number of fused-ring (bicyclic) bond motifs is 3. The van der Waals surface area contributed by atoms with E-state index in [4.69, 9.17) is 0 Å². The number of benzene rings is 6. The average Bonchev–Trinajstić information content (AvgIpc) is 3.34. The lowest BCUT2D eigenvalue weighted by molar-refractivity contribution is 0.320. The molecule has 5 unspecified atom stereocenters. The first kappa shape index (κ1) is 39.9. The Labute approximate surface area is 370 Å². The van der Waals surface area contributed by atoms with Gasteiger partial charge in [-0.3, -0.25) is 0 Å².